The predicted octanol–water partition coefficient (Wildman–Crippen LogP) is 1.62. The Morgan fingerprint density at radius 2 is 1.50 bits per heavy atom. The van der Waals surface area contributed by atoms with Crippen LogP contribution in [-0.4, -0.2) is 40.0 Å². The van der Waals surface area contributed by atoms with E-state index in [1.807, 2.05) is 0 Å². The molecule has 106 valence electrons. The van der Waals surface area contributed by atoms with Gasteiger partial charge >= 0.3 is 0 Å². The van der Waals surface area contributed by atoms with Crippen LogP contribution in [0.5, 0.6) is 17.2 Å². The highest BCUT2D eigenvalue weighted by molar-refractivity contribution is 6.25. The van der Waals surface area contributed by atoms with Gasteiger partial charge in [-0.1, -0.05) is 0 Å². The molecule has 0 aliphatic heterocycles. The maximum atomic E-state index is 12.3. The van der Waals surface area contributed by atoms with Gasteiger partial charge in [0.05, 0.1) is 34.0 Å². The molecule has 0 bridgehead atoms. The van der Waals surface area contributed by atoms with E-state index in [4.69, 9.17) is 18.9 Å². The van der Waals surface area contributed by atoms with Gasteiger partial charge in [0.1, 0.15) is 0 Å². The van der Waals surface area contributed by atoms with Gasteiger partial charge in [-0.3, -0.25) is 9.59 Å². The molecule has 0 saturated carbocycles. The van der Waals surface area contributed by atoms with E-state index in [9.17, 15) is 9.59 Å². The highest BCUT2D eigenvalue weighted by atomic mass is 16.5. The zero-order valence-corrected chi connectivity index (χ0v) is 11.6. The van der Waals surface area contributed by atoms with E-state index in [1.54, 1.807) is 0 Å². The van der Waals surface area contributed by atoms with Crippen LogP contribution in [0, 0.1) is 0 Å². The van der Waals surface area contributed by atoms with E-state index in [0.717, 1.165) is 6.08 Å². The van der Waals surface area contributed by atoms with Crippen molar-refractivity contribution in [3.63, 3.8) is 0 Å². The van der Waals surface area contributed by atoms with Gasteiger partial charge < -0.3 is 18.9 Å². The largest absolute Gasteiger partial charge is 0.493 e. The lowest BCUT2D eigenvalue weighted by Crippen LogP contribution is -2.19. The number of Topliss-reactive ketones (excluding diaryl/α,β-unsaturated/α-hetero) is 1. The summed E-state index contributed by atoms with van der Waals surface area (Å²) in [7, 11) is 5.58. The third-order valence-corrected chi connectivity index (χ3v) is 3.03. The molecule has 6 nitrogen and oxygen atoms in total. The molecule has 6 heteroatoms. The highest BCUT2D eigenvalue weighted by Gasteiger charge is 2.33. The molecule has 0 unspecified atom stereocenters. The summed E-state index contributed by atoms with van der Waals surface area (Å²) < 4.78 is 20.5. The molecule has 0 atom stereocenters. The first-order valence-corrected chi connectivity index (χ1v) is 5.76. The van der Waals surface area contributed by atoms with Gasteiger partial charge in [0.25, 0.3) is 0 Å². The molecule has 1 aromatic rings. The molecule has 0 saturated heterocycles. The lowest BCUT2D eigenvalue weighted by atomic mass is 9.92. The van der Waals surface area contributed by atoms with Crippen molar-refractivity contribution in [2.45, 2.75) is 0 Å². The second-order valence-electron chi connectivity index (χ2n) is 3.97. The summed E-state index contributed by atoms with van der Waals surface area (Å²) >= 11 is 0. The van der Waals surface area contributed by atoms with Crippen LogP contribution in [0.15, 0.2) is 17.9 Å². The van der Waals surface area contributed by atoms with Crippen LogP contribution in [0.25, 0.3) is 0 Å². The SMILES string of the molecule is COC1=CC(=O)c2cc(OC)c(OC)c(OC)c2C1=O. The van der Waals surface area contributed by atoms with E-state index >= 15 is 0 Å². The van der Waals surface area contributed by atoms with Crippen LogP contribution in [0.4, 0.5) is 0 Å². The average Bonchev–Trinajstić information content (AvgIpc) is 2.48. The zero-order valence-electron chi connectivity index (χ0n) is 11.6. The van der Waals surface area contributed by atoms with E-state index < -0.39 is 5.78 Å². The molecule has 0 heterocycles. The number of carbonyl (C=O) groups excluding carboxylic acids is 2. The first-order chi connectivity index (χ1) is 9.58. The zero-order chi connectivity index (χ0) is 14.9. The summed E-state index contributed by atoms with van der Waals surface area (Å²) in [6.07, 6.45) is 1.15. The Bertz CT molecular complexity index is 615. The van der Waals surface area contributed by atoms with Crippen molar-refractivity contribution in [3.8, 4) is 17.2 Å². The molecule has 0 radical (unpaired) electrons. The number of methoxy groups -OCH3 is 4. The van der Waals surface area contributed by atoms with Gasteiger partial charge in [0, 0.05) is 11.6 Å². The molecule has 0 fully saturated rings. The summed E-state index contributed by atoms with van der Waals surface area (Å²) in [5.41, 5.74) is 0.319. The van der Waals surface area contributed by atoms with Crippen molar-refractivity contribution in [1.82, 2.24) is 0 Å². The van der Waals surface area contributed by atoms with Gasteiger partial charge in [-0.05, 0) is 6.07 Å². The number of ketones is 2. The number of ether oxygens (including phenoxy) is 4. The Hall–Kier alpha value is -2.50. The first kappa shape index (κ1) is 13.9. The fraction of sp³-hybridized carbons (Fsp3) is 0.286. The lowest BCUT2D eigenvalue weighted by molar-refractivity contribution is 0.0912. The predicted molar refractivity (Wildman–Crippen MR) is 69.9 cm³/mol. The van der Waals surface area contributed by atoms with Gasteiger partial charge in [-0.25, -0.2) is 0 Å². The standard InChI is InChI=1S/C14H14O6/c1-17-9-6-8(15)7-5-10(18-2)13(19-3)14(20-4)11(7)12(9)16/h5-6H,1-4H3. The smallest absolute Gasteiger partial charge is 0.232 e. The second-order valence-corrected chi connectivity index (χ2v) is 3.97. The fourth-order valence-electron chi connectivity index (χ4n) is 2.11. The van der Waals surface area contributed by atoms with Crippen LogP contribution in [0.2, 0.25) is 0 Å². The number of rotatable bonds is 4. The van der Waals surface area contributed by atoms with Crippen LogP contribution in [0.3, 0.4) is 0 Å². The Morgan fingerprint density at radius 3 is 2.00 bits per heavy atom. The minimum atomic E-state index is -0.431. The van der Waals surface area contributed by atoms with Crippen molar-refractivity contribution < 1.29 is 28.5 Å². The minimum absolute atomic E-state index is 0.0342. The average molecular weight is 278 g/mol. The van der Waals surface area contributed by atoms with E-state index in [-0.39, 0.29) is 34.2 Å². The summed E-state index contributed by atoms with van der Waals surface area (Å²) in [6.45, 7) is 0. The van der Waals surface area contributed by atoms with Crippen molar-refractivity contribution in [2.75, 3.05) is 28.4 Å². The second kappa shape index (κ2) is 5.24. The van der Waals surface area contributed by atoms with Crippen molar-refractivity contribution in [2.24, 2.45) is 0 Å². The fourth-order valence-corrected chi connectivity index (χ4v) is 2.11. The topological polar surface area (TPSA) is 71.1 Å². The first-order valence-electron chi connectivity index (χ1n) is 5.76. The molecule has 0 aromatic heterocycles. The number of carbonyl (C=O) groups is 2. The summed E-state index contributed by atoms with van der Waals surface area (Å²) in [4.78, 5) is 24.4. The molecule has 0 amide bonds. The lowest BCUT2D eigenvalue weighted by Gasteiger charge is -2.20. The molecular formula is C14H14O6. The van der Waals surface area contributed by atoms with Gasteiger partial charge in [0.15, 0.2) is 23.0 Å². The molecule has 2 rings (SSSR count). The number of fused-ring (bicyclic) bond motifs is 1. The number of benzene rings is 1. The Balaban J connectivity index is 2.79. The van der Waals surface area contributed by atoms with Gasteiger partial charge in [-0.2, -0.15) is 0 Å². The summed E-state index contributed by atoms with van der Waals surface area (Å²) in [6, 6.07) is 1.46. The molecular weight excluding hydrogens is 264 g/mol. The third-order valence-electron chi connectivity index (χ3n) is 3.03. The molecule has 0 N–H and O–H groups in total. The van der Waals surface area contributed by atoms with Crippen LogP contribution in [-0.2, 0) is 4.74 Å². The quantitative estimate of drug-likeness (QED) is 0.833. The maximum Gasteiger partial charge on any atom is 0.232 e. The van der Waals surface area contributed by atoms with Gasteiger partial charge in [0.2, 0.25) is 11.5 Å². The summed E-state index contributed by atoms with van der Waals surface area (Å²) in [5, 5.41) is 0. The molecule has 1 aliphatic carbocycles. The maximum absolute atomic E-state index is 12.3. The Kier molecular flexibility index (Phi) is 3.65. The van der Waals surface area contributed by atoms with Crippen molar-refractivity contribution in [3.05, 3.63) is 29.0 Å². The highest BCUT2D eigenvalue weighted by Crippen LogP contribution is 2.44. The van der Waals surface area contributed by atoms with E-state index in [1.165, 1.54) is 34.5 Å². The Labute approximate surface area is 115 Å². The van der Waals surface area contributed by atoms with Crippen LogP contribution in [0.1, 0.15) is 20.7 Å². The molecule has 1 aliphatic rings. The Morgan fingerprint density at radius 1 is 0.850 bits per heavy atom. The number of allylic oxidation sites excluding steroid dienone is 2. The number of hydrogen-bond donors (Lipinski definition) is 0. The third kappa shape index (κ3) is 1.89. The van der Waals surface area contributed by atoms with Crippen molar-refractivity contribution >= 4 is 11.6 Å². The monoisotopic (exact) mass is 278 g/mol. The summed E-state index contributed by atoms with van der Waals surface area (Å²) in [5.74, 6) is -0.0859. The van der Waals surface area contributed by atoms with Crippen LogP contribution >= 0.6 is 0 Å². The minimum Gasteiger partial charge on any atom is -0.493 e. The van der Waals surface area contributed by atoms with E-state index in [0.29, 0.717) is 5.75 Å². The van der Waals surface area contributed by atoms with Gasteiger partial charge in [-0.15, -0.1) is 0 Å². The van der Waals surface area contributed by atoms with Crippen molar-refractivity contribution in [1.29, 1.82) is 0 Å². The molecule has 1 aromatic carbocycles. The molecule has 0 spiro atoms. The number of hydrogen-bond acceptors (Lipinski definition) is 6. The molecule has 20 heavy (non-hydrogen) atoms. The van der Waals surface area contributed by atoms with Crippen LogP contribution < -0.4 is 14.2 Å². The normalized spacial score (nSPS) is 13.5. The van der Waals surface area contributed by atoms with E-state index in [2.05, 4.69) is 0 Å².